The Morgan fingerprint density at radius 1 is 1.05 bits per heavy atom. The Balaban J connectivity index is 1.48. The Bertz CT molecular complexity index is 1010. The summed E-state index contributed by atoms with van der Waals surface area (Å²) in [7, 11) is 0. The number of alkyl halides is 3. The first-order valence-corrected chi connectivity index (χ1v) is 16.0. The van der Waals surface area contributed by atoms with Crippen LogP contribution in [0.2, 0.25) is 0 Å². The van der Waals surface area contributed by atoms with Gasteiger partial charge in [-0.25, -0.2) is 0 Å². The highest BCUT2D eigenvalue weighted by molar-refractivity contribution is 5.93. The maximum atomic E-state index is 13.3. The predicted molar refractivity (Wildman–Crippen MR) is 150 cm³/mol. The standard InChI is InChI=1S/C34H49F3O2/c1-4-6-7-22(5-2)23-8-10-24(11-9-23)29-21-32(3)30(16-17-33(32,39)18-19-34(35,36)37)28-14-12-25-20-26(38)13-15-27(25)31(28)29/h18-20,22-24,28-30,39H,4-17,21H2,1-3H3/b19-18+/t22?,23?,24?,28?,29?,30?,32-,33+/m0/s1. The van der Waals surface area contributed by atoms with E-state index >= 15 is 0 Å². The summed E-state index contributed by atoms with van der Waals surface area (Å²) in [6.07, 6.45) is 14.0. The van der Waals surface area contributed by atoms with E-state index in [-0.39, 0.29) is 17.8 Å². The van der Waals surface area contributed by atoms with E-state index in [1.54, 1.807) is 5.57 Å². The summed E-state index contributed by atoms with van der Waals surface area (Å²) in [5, 5.41) is 11.9. The third kappa shape index (κ3) is 5.47. The summed E-state index contributed by atoms with van der Waals surface area (Å²) in [4.78, 5) is 12.3. The fourth-order valence-corrected chi connectivity index (χ4v) is 9.95. The molecule has 5 rings (SSSR count). The van der Waals surface area contributed by atoms with Crippen LogP contribution in [-0.4, -0.2) is 22.7 Å². The topological polar surface area (TPSA) is 37.3 Å². The van der Waals surface area contributed by atoms with Crippen LogP contribution in [0.25, 0.3) is 0 Å². The highest BCUT2D eigenvalue weighted by atomic mass is 19.4. The minimum atomic E-state index is -4.42. The second-order valence-electron chi connectivity index (χ2n) is 13.9. The van der Waals surface area contributed by atoms with Crippen molar-refractivity contribution in [3.63, 3.8) is 0 Å². The van der Waals surface area contributed by atoms with E-state index in [4.69, 9.17) is 0 Å². The molecule has 0 aromatic heterocycles. The molecule has 0 saturated heterocycles. The van der Waals surface area contributed by atoms with Crippen molar-refractivity contribution in [3.05, 3.63) is 34.9 Å². The van der Waals surface area contributed by atoms with Crippen LogP contribution >= 0.6 is 0 Å². The molecule has 0 spiro atoms. The first kappa shape index (κ1) is 29.1. The minimum Gasteiger partial charge on any atom is -0.385 e. The molecule has 0 aromatic carbocycles. The molecule has 6 atom stereocenters. The molecule has 5 aliphatic carbocycles. The van der Waals surface area contributed by atoms with Crippen LogP contribution in [0.4, 0.5) is 13.2 Å². The quantitative estimate of drug-likeness (QED) is 0.323. The van der Waals surface area contributed by atoms with Gasteiger partial charge in [0.1, 0.15) is 0 Å². The van der Waals surface area contributed by atoms with Gasteiger partial charge in [0.15, 0.2) is 5.78 Å². The molecule has 0 aliphatic heterocycles. The molecule has 39 heavy (non-hydrogen) atoms. The molecule has 218 valence electrons. The first-order valence-electron chi connectivity index (χ1n) is 16.0. The van der Waals surface area contributed by atoms with Crippen LogP contribution in [0, 0.1) is 40.9 Å². The average molecular weight is 547 g/mol. The van der Waals surface area contributed by atoms with Gasteiger partial charge < -0.3 is 5.11 Å². The van der Waals surface area contributed by atoms with Gasteiger partial charge in [-0.15, -0.1) is 0 Å². The molecule has 2 nitrogen and oxygen atoms in total. The lowest BCUT2D eigenvalue weighted by Gasteiger charge is -2.56. The number of rotatable bonds is 7. The van der Waals surface area contributed by atoms with Gasteiger partial charge in [0, 0.05) is 17.9 Å². The van der Waals surface area contributed by atoms with Gasteiger partial charge in [0.05, 0.1) is 5.60 Å². The number of halogens is 3. The van der Waals surface area contributed by atoms with Crippen molar-refractivity contribution >= 4 is 5.78 Å². The Kier molecular flexibility index (Phi) is 8.32. The van der Waals surface area contributed by atoms with E-state index < -0.39 is 17.2 Å². The Labute approximate surface area is 233 Å². The summed E-state index contributed by atoms with van der Waals surface area (Å²) in [5.41, 5.74) is 2.20. The molecule has 0 radical (unpaired) electrons. The molecule has 0 aromatic rings. The number of carbonyl (C=O) groups is 1. The molecule has 5 heteroatoms. The highest BCUT2D eigenvalue weighted by Crippen LogP contribution is 2.67. The fraction of sp³-hybridized carbons (Fsp3) is 0.794. The number of ketones is 1. The van der Waals surface area contributed by atoms with E-state index in [2.05, 4.69) is 20.8 Å². The van der Waals surface area contributed by atoms with E-state index in [1.807, 2.05) is 6.08 Å². The average Bonchev–Trinajstić information content (AvgIpc) is 3.17. The summed E-state index contributed by atoms with van der Waals surface area (Å²) in [6.45, 7) is 6.70. The maximum absolute atomic E-state index is 13.3. The van der Waals surface area contributed by atoms with Crippen molar-refractivity contribution in [2.24, 2.45) is 40.9 Å². The lowest BCUT2D eigenvalue weighted by atomic mass is 9.49. The summed E-state index contributed by atoms with van der Waals surface area (Å²) >= 11 is 0. The molecular weight excluding hydrogens is 497 g/mol. The predicted octanol–water partition coefficient (Wildman–Crippen LogP) is 9.29. The Morgan fingerprint density at radius 2 is 1.79 bits per heavy atom. The van der Waals surface area contributed by atoms with Gasteiger partial charge in [0.25, 0.3) is 0 Å². The van der Waals surface area contributed by atoms with Crippen molar-refractivity contribution < 1.29 is 23.1 Å². The highest BCUT2D eigenvalue weighted by Gasteiger charge is 2.62. The van der Waals surface area contributed by atoms with E-state index in [0.29, 0.717) is 30.6 Å². The van der Waals surface area contributed by atoms with Crippen LogP contribution in [-0.2, 0) is 4.79 Å². The van der Waals surface area contributed by atoms with Crippen molar-refractivity contribution in [3.8, 4) is 0 Å². The number of hydrogen-bond donors (Lipinski definition) is 1. The zero-order valence-corrected chi connectivity index (χ0v) is 24.3. The third-order valence-corrected chi connectivity index (χ3v) is 12.0. The van der Waals surface area contributed by atoms with Gasteiger partial charge in [-0.3, -0.25) is 4.79 Å². The number of allylic oxidation sites excluding steroid dienone is 5. The maximum Gasteiger partial charge on any atom is 0.409 e. The van der Waals surface area contributed by atoms with Crippen LogP contribution < -0.4 is 0 Å². The summed E-state index contributed by atoms with van der Waals surface area (Å²) in [5.74, 6) is 3.13. The molecule has 1 N–H and O–H groups in total. The lowest BCUT2D eigenvalue weighted by Crippen LogP contribution is -2.52. The summed E-state index contributed by atoms with van der Waals surface area (Å²) < 4.78 is 39.8. The Hall–Kier alpha value is -1.36. The van der Waals surface area contributed by atoms with Gasteiger partial charge in [-0.05, 0) is 123 Å². The van der Waals surface area contributed by atoms with Crippen LogP contribution in [0.15, 0.2) is 34.9 Å². The molecule has 0 bridgehead atoms. The smallest absolute Gasteiger partial charge is 0.385 e. The van der Waals surface area contributed by atoms with Gasteiger partial charge >= 0.3 is 6.18 Å². The Morgan fingerprint density at radius 3 is 2.46 bits per heavy atom. The molecular formula is C34H49F3O2. The molecule has 0 amide bonds. The minimum absolute atomic E-state index is 0.188. The molecule has 5 aliphatic rings. The van der Waals surface area contributed by atoms with E-state index in [9.17, 15) is 23.1 Å². The zero-order chi connectivity index (χ0) is 28.0. The first-order chi connectivity index (χ1) is 18.5. The second kappa shape index (κ2) is 11.1. The number of unbranched alkanes of at least 4 members (excludes halogenated alkanes) is 1. The van der Waals surface area contributed by atoms with Crippen molar-refractivity contribution in [2.45, 2.75) is 129 Å². The normalized spacial score (nSPS) is 39.8. The van der Waals surface area contributed by atoms with Crippen molar-refractivity contribution in [1.29, 1.82) is 0 Å². The van der Waals surface area contributed by atoms with Gasteiger partial charge in [-0.1, -0.05) is 52.0 Å². The number of hydrogen-bond acceptors (Lipinski definition) is 2. The van der Waals surface area contributed by atoms with Crippen molar-refractivity contribution in [2.75, 3.05) is 0 Å². The number of carbonyl (C=O) groups excluding carboxylic acids is 1. The monoisotopic (exact) mass is 546 g/mol. The van der Waals surface area contributed by atoms with Crippen LogP contribution in [0.1, 0.15) is 117 Å². The van der Waals surface area contributed by atoms with Crippen LogP contribution in [0.5, 0.6) is 0 Å². The van der Waals surface area contributed by atoms with Gasteiger partial charge in [-0.2, -0.15) is 13.2 Å². The largest absolute Gasteiger partial charge is 0.409 e. The zero-order valence-electron chi connectivity index (χ0n) is 24.3. The van der Waals surface area contributed by atoms with Crippen LogP contribution in [0.3, 0.4) is 0 Å². The number of aliphatic hydroxyl groups is 1. The second-order valence-corrected chi connectivity index (χ2v) is 13.9. The molecule has 3 fully saturated rings. The summed E-state index contributed by atoms with van der Waals surface area (Å²) in [6, 6.07) is 0. The lowest BCUT2D eigenvalue weighted by molar-refractivity contribution is -0.114. The molecule has 3 saturated carbocycles. The molecule has 4 unspecified atom stereocenters. The van der Waals surface area contributed by atoms with Crippen molar-refractivity contribution in [1.82, 2.24) is 0 Å². The van der Waals surface area contributed by atoms with E-state index in [1.165, 1.54) is 62.5 Å². The molecule has 0 heterocycles. The van der Waals surface area contributed by atoms with E-state index in [0.717, 1.165) is 50.0 Å². The number of fused-ring (bicyclic) bond motifs is 4. The third-order valence-electron chi connectivity index (χ3n) is 12.0. The fourth-order valence-electron chi connectivity index (χ4n) is 9.95. The SMILES string of the molecule is CCCCC(CC)C1CCC(C2C[C@@]3(C)C(CC[C@@]3(O)/C=C/C(F)(F)F)C3CCC4=CC(=O)CCC4=C23)CC1. The van der Waals surface area contributed by atoms with Gasteiger partial charge in [0.2, 0.25) is 0 Å².